The van der Waals surface area contributed by atoms with Gasteiger partial charge in [0, 0.05) is 62.4 Å². The van der Waals surface area contributed by atoms with E-state index in [2.05, 4.69) is 22.1 Å². The van der Waals surface area contributed by atoms with Gasteiger partial charge in [0.05, 0.1) is 5.69 Å². The topological polar surface area (TPSA) is 75.3 Å². The van der Waals surface area contributed by atoms with Crippen molar-refractivity contribution in [1.82, 2.24) is 19.4 Å². The van der Waals surface area contributed by atoms with Crippen LogP contribution in [-0.4, -0.2) is 44.9 Å². The molecule has 0 spiro atoms. The summed E-state index contributed by atoms with van der Waals surface area (Å²) in [5, 5.41) is 14.5. The number of nitrogens with one attached hydrogen (secondary N) is 1. The maximum atomic E-state index is 15.0. The summed E-state index contributed by atoms with van der Waals surface area (Å²) in [6.07, 6.45) is 4.64. The van der Waals surface area contributed by atoms with Crippen LogP contribution in [0.4, 0.5) is 14.6 Å². The smallest absolute Gasteiger partial charge is 0.332 e. The first-order valence-electron chi connectivity index (χ1n) is 11.3. The van der Waals surface area contributed by atoms with Crippen LogP contribution in [-0.2, 0) is 7.05 Å². The fourth-order valence-corrected chi connectivity index (χ4v) is 4.46. The van der Waals surface area contributed by atoms with Crippen molar-refractivity contribution in [2.24, 2.45) is 7.05 Å². The van der Waals surface area contributed by atoms with Crippen molar-refractivity contribution >= 4 is 5.82 Å². The lowest BCUT2D eigenvalue weighted by molar-refractivity contribution is 0.477. The van der Waals surface area contributed by atoms with Crippen molar-refractivity contribution < 1.29 is 13.9 Å². The van der Waals surface area contributed by atoms with Crippen LogP contribution in [0.15, 0.2) is 65.8 Å². The Morgan fingerprint density at radius 1 is 1.06 bits per heavy atom. The average Bonchev–Trinajstić information content (AvgIpc) is 3.18. The predicted molar refractivity (Wildman–Crippen MR) is 131 cm³/mol. The highest BCUT2D eigenvalue weighted by Gasteiger charge is 2.20. The number of rotatable bonds is 4. The van der Waals surface area contributed by atoms with E-state index in [1.807, 2.05) is 6.07 Å². The number of hydrogen-bond donors (Lipinski definition) is 2. The van der Waals surface area contributed by atoms with Crippen LogP contribution in [0.1, 0.15) is 6.92 Å². The van der Waals surface area contributed by atoms with Crippen LogP contribution in [0.5, 0.6) is 5.75 Å². The number of hydrogen-bond acceptors (Lipinski definition) is 5. The van der Waals surface area contributed by atoms with Gasteiger partial charge in [-0.15, -0.1) is 0 Å². The van der Waals surface area contributed by atoms with Crippen LogP contribution in [0.25, 0.3) is 27.9 Å². The second-order valence-electron chi connectivity index (χ2n) is 8.78. The molecule has 0 saturated carbocycles. The highest BCUT2D eigenvalue weighted by atomic mass is 19.1. The van der Waals surface area contributed by atoms with Gasteiger partial charge in [-0.2, -0.15) is 0 Å². The molecule has 3 heterocycles. The zero-order valence-corrected chi connectivity index (χ0v) is 19.4. The lowest BCUT2D eigenvalue weighted by atomic mass is 9.97. The van der Waals surface area contributed by atoms with Crippen LogP contribution in [0, 0.1) is 11.6 Å². The third kappa shape index (κ3) is 4.30. The summed E-state index contributed by atoms with van der Waals surface area (Å²) in [6, 6.07) is 10.4. The minimum Gasteiger partial charge on any atom is -0.507 e. The molecule has 4 aromatic rings. The number of pyridine rings is 1. The third-order valence-electron chi connectivity index (χ3n) is 6.29. The summed E-state index contributed by atoms with van der Waals surface area (Å²) in [4.78, 5) is 18.8. The predicted octanol–water partition coefficient (Wildman–Crippen LogP) is 3.69. The lowest BCUT2D eigenvalue weighted by Gasteiger charge is -2.32. The zero-order chi connectivity index (χ0) is 24.7. The van der Waals surface area contributed by atoms with Crippen molar-refractivity contribution in [3.63, 3.8) is 0 Å². The molecule has 9 heteroatoms. The van der Waals surface area contributed by atoms with Crippen LogP contribution in [0.3, 0.4) is 0 Å². The van der Waals surface area contributed by atoms with E-state index >= 15 is 0 Å². The number of piperazine rings is 1. The molecule has 0 amide bonds. The molecule has 1 aliphatic rings. The Balaban J connectivity index is 1.54. The molecule has 1 fully saturated rings. The largest absolute Gasteiger partial charge is 0.507 e. The summed E-state index contributed by atoms with van der Waals surface area (Å²) >= 11 is 0. The molecule has 1 atom stereocenters. The van der Waals surface area contributed by atoms with Crippen LogP contribution in [0.2, 0.25) is 0 Å². The van der Waals surface area contributed by atoms with Gasteiger partial charge in [-0.1, -0.05) is 6.07 Å². The third-order valence-corrected chi connectivity index (χ3v) is 6.29. The highest BCUT2D eigenvalue weighted by Crippen LogP contribution is 2.40. The van der Waals surface area contributed by atoms with Crippen molar-refractivity contribution in [2.45, 2.75) is 13.0 Å². The fraction of sp³-hybridized carbons (Fsp3) is 0.231. The molecule has 0 radical (unpaired) electrons. The quantitative estimate of drug-likeness (QED) is 0.469. The van der Waals surface area contributed by atoms with E-state index in [0.29, 0.717) is 17.2 Å². The van der Waals surface area contributed by atoms with Gasteiger partial charge < -0.3 is 19.9 Å². The Morgan fingerprint density at radius 2 is 1.80 bits per heavy atom. The minimum absolute atomic E-state index is 0.0690. The number of aryl methyl sites for hydroxylation is 1. The minimum atomic E-state index is -0.667. The molecule has 0 aliphatic carbocycles. The maximum Gasteiger partial charge on any atom is 0.332 e. The summed E-state index contributed by atoms with van der Waals surface area (Å²) in [6.45, 7) is 4.50. The number of aromatic hydroxyl groups is 1. The van der Waals surface area contributed by atoms with Crippen molar-refractivity contribution in [1.29, 1.82) is 0 Å². The van der Waals surface area contributed by atoms with E-state index in [1.165, 1.54) is 45.8 Å². The first-order chi connectivity index (χ1) is 16.8. The van der Waals surface area contributed by atoms with E-state index in [-0.39, 0.29) is 28.3 Å². The average molecular weight is 478 g/mol. The monoisotopic (exact) mass is 477 g/mol. The van der Waals surface area contributed by atoms with E-state index in [9.17, 15) is 18.7 Å². The van der Waals surface area contributed by atoms with Crippen molar-refractivity contribution in [3.8, 4) is 33.7 Å². The molecule has 1 saturated heterocycles. The molecule has 2 aromatic heterocycles. The molecule has 0 bridgehead atoms. The van der Waals surface area contributed by atoms with Gasteiger partial charge >= 0.3 is 5.69 Å². The molecule has 180 valence electrons. The van der Waals surface area contributed by atoms with E-state index in [0.717, 1.165) is 25.5 Å². The second-order valence-corrected chi connectivity index (χ2v) is 8.78. The fourth-order valence-electron chi connectivity index (χ4n) is 4.46. The first kappa shape index (κ1) is 22.8. The Kier molecular flexibility index (Phi) is 5.86. The molecule has 35 heavy (non-hydrogen) atoms. The number of imidazole rings is 1. The maximum absolute atomic E-state index is 15.0. The van der Waals surface area contributed by atoms with Gasteiger partial charge in [-0.3, -0.25) is 4.57 Å². The van der Waals surface area contributed by atoms with Gasteiger partial charge in [0.25, 0.3) is 0 Å². The van der Waals surface area contributed by atoms with E-state index in [4.69, 9.17) is 0 Å². The first-order valence-corrected chi connectivity index (χ1v) is 11.3. The number of phenols is 1. The van der Waals surface area contributed by atoms with Gasteiger partial charge in [0.2, 0.25) is 0 Å². The molecule has 2 aromatic carbocycles. The van der Waals surface area contributed by atoms with Gasteiger partial charge in [0.1, 0.15) is 23.2 Å². The zero-order valence-electron chi connectivity index (χ0n) is 19.4. The number of halogens is 2. The standard InChI is InChI=1S/C26H25F2N5O2/c1-16-15-32(8-7-29-16)24-12-18(5-6-30-24)21-14-19(27)13-20(25(21)34)17-3-4-23(22(28)11-17)33-10-9-31(2)26(33)35/h3-6,9-14,16,29,34H,7-8,15H2,1-2H3/t16-/m1/s1. The number of nitrogens with zero attached hydrogens (tertiary/aromatic N) is 4. The number of phenolic OH excluding ortho intramolecular Hbond substituents is 1. The normalized spacial score (nSPS) is 16.0. The van der Waals surface area contributed by atoms with Gasteiger partial charge in [0.15, 0.2) is 0 Å². The van der Waals surface area contributed by atoms with Crippen LogP contribution >= 0.6 is 0 Å². The summed E-state index contributed by atoms with van der Waals surface area (Å²) in [5.41, 5.74) is 1.01. The van der Waals surface area contributed by atoms with E-state index < -0.39 is 11.6 Å². The summed E-state index contributed by atoms with van der Waals surface area (Å²) in [7, 11) is 1.57. The highest BCUT2D eigenvalue weighted by molar-refractivity contribution is 5.83. The molecule has 0 unspecified atom stereocenters. The van der Waals surface area contributed by atoms with Crippen LogP contribution < -0.4 is 15.9 Å². The summed E-state index contributed by atoms with van der Waals surface area (Å²) < 4.78 is 32.2. The van der Waals surface area contributed by atoms with E-state index in [1.54, 1.807) is 25.4 Å². The number of anilines is 1. The summed E-state index contributed by atoms with van der Waals surface area (Å²) in [5.74, 6) is -0.656. The number of benzene rings is 2. The van der Waals surface area contributed by atoms with Gasteiger partial charge in [-0.25, -0.2) is 18.6 Å². The van der Waals surface area contributed by atoms with Crippen molar-refractivity contribution in [2.75, 3.05) is 24.5 Å². The Bertz CT molecular complexity index is 1460. The molecule has 1 aliphatic heterocycles. The Labute approximate surface area is 200 Å². The van der Waals surface area contributed by atoms with Gasteiger partial charge in [-0.05, 0) is 54.4 Å². The van der Waals surface area contributed by atoms with Crippen molar-refractivity contribution in [3.05, 3.63) is 83.2 Å². The number of aromatic nitrogens is 3. The Morgan fingerprint density at radius 3 is 2.46 bits per heavy atom. The molecule has 7 nitrogen and oxygen atoms in total. The molecular formula is C26H25F2N5O2. The lowest BCUT2D eigenvalue weighted by Crippen LogP contribution is -2.49. The second kappa shape index (κ2) is 8.99. The Hall–Kier alpha value is -3.98. The molecule has 2 N–H and O–H groups in total. The molecular weight excluding hydrogens is 452 g/mol. The SMILES string of the molecule is C[C@@H]1CN(c2cc(-c3cc(F)cc(-c4ccc(-n5ccn(C)c5=O)c(F)c4)c3O)ccn2)CCN1. The molecule has 5 rings (SSSR count).